The molecule has 1 heterocycles. The monoisotopic (exact) mass is 176 g/mol. The fourth-order valence-electron chi connectivity index (χ4n) is 1.42. The van der Waals surface area contributed by atoms with Crippen molar-refractivity contribution in [3.05, 3.63) is 12.7 Å². The summed E-state index contributed by atoms with van der Waals surface area (Å²) >= 11 is 0. The molecule has 1 rings (SSSR count). The van der Waals surface area contributed by atoms with Crippen molar-refractivity contribution in [2.45, 2.75) is 19.0 Å². The third kappa shape index (κ3) is 2.44. The van der Waals surface area contributed by atoms with Crippen molar-refractivity contribution in [3.8, 4) is 0 Å². The summed E-state index contributed by atoms with van der Waals surface area (Å²) in [6.07, 6.45) is 3.73. The van der Waals surface area contributed by atoms with Crippen LogP contribution in [0.15, 0.2) is 12.7 Å². The molecule has 0 aromatic carbocycles. The minimum absolute atomic E-state index is 0.491. The van der Waals surface area contributed by atoms with Crippen molar-refractivity contribution in [1.82, 2.24) is 0 Å². The Morgan fingerprint density at radius 2 is 2.09 bits per heavy atom. The summed E-state index contributed by atoms with van der Waals surface area (Å²) in [6, 6.07) is 0. The SMILES string of the molecule is C=CCP1(=O)CCC(F)CC1. The summed E-state index contributed by atoms with van der Waals surface area (Å²) < 4.78 is 24.4. The van der Waals surface area contributed by atoms with Gasteiger partial charge in [-0.3, -0.25) is 0 Å². The summed E-state index contributed by atoms with van der Waals surface area (Å²) in [7, 11) is -2.01. The van der Waals surface area contributed by atoms with Gasteiger partial charge in [-0.2, -0.15) is 0 Å². The van der Waals surface area contributed by atoms with E-state index < -0.39 is 13.3 Å². The lowest BCUT2D eigenvalue weighted by molar-refractivity contribution is 0.308. The number of rotatable bonds is 2. The smallest absolute Gasteiger partial charge is 0.101 e. The molecule has 0 amide bonds. The molecule has 1 aliphatic heterocycles. The highest BCUT2D eigenvalue weighted by Crippen LogP contribution is 2.50. The van der Waals surface area contributed by atoms with Gasteiger partial charge >= 0.3 is 0 Å². The van der Waals surface area contributed by atoms with Gasteiger partial charge in [0, 0.05) is 18.5 Å². The Morgan fingerprint density at radius 3 is 2.55 bits per heavy atom. The average molecular weight is 176 g/mol. The van der Waals surface area contributed by atoms with Gasteiger partial charge in [0.05, 0.1) is 7.14 Å². The van der Waals surface area contributed by atoms with Gasteiger partial charge in [-0.15, -0.1) is 6.58 Å². The van der Waals surface area contributed by atoms with Crippen LogP contribution >= 0.6 is 7.14 Å². The van der Waals surface area contributed by atoms with Gasteiger partial charge in [0.2, 0.25) is 0 Å². The molecule has 0 bridgehead atoms. The maximum atomic E-state index is 12.6. The fraction of sp³-hybridized carbons (Fsp3) is 0.750. The minimum atomic E-state index is -2.01. The zero-order chi connectivity index (χ0) is 8.32. The van der Waals surface area contributed by atoms with Gasteiger partial charge in [0.1, 0.15) is 6.17 Å². The Labute approximate surface area is 67.1 Å². The van der Waals surface area contributed by atoms with Crippen molar-refractivity contribution < 1.29 is 8.96 Å². The molecule has 64 valence electrons. The van der Waals surface area contributed by atoms with Crippen molar-refractivity contribution >= 4 is 7.14 Å². The zero-order valence-electron chi connectivity index (χ0n) is 6.63. The van der Waals surface area contributed by atoms with Crippen molar-refractivity contribution in [3.63, 3.8) is 0 Å². The molecule has 0 atom stereocenters. The first-order valence-corrected chi connectivity index (χ1v) is 6.24. The number of alkyl halides is 1. The Bertz CT molecular complexity index is 179. The fourth-order valence-corrected chi connectivity index (χ4v) is 3.99. The Kier molecular flexibility index (Phi) is 2.89. The van der Waals surface area contributed by atoms with Gasteiger partial charge in [-0.25, -0.2) is 4.39 Å². The van der Waals surface area contributed by atoms with Gasteiger partial charge in [0.25, 0.3) is 0 Å². The summed E-state index contributed by atoms with van der Waals surface area (Å²) in [5.41, 5.74) is 0. The minimum Gasteiger partial charge on any atom is -0.323 e. The molecule has 0 spiro atoms. The van der Waals surface area contributed by atoms with E-state index in [0.29, 0.717) is 31.3 Å². The first-order valence-electron chi connectivity index (χ1n) is 3.98. The van der Waals surface area contributed by atoms with E-state index in [1.165, 1.54) is 0 Å². The number of hydrogen-bond donors (Lipinski definition) is 0. The van der Waals surface area contributed by atoms with Gasteiger partial charge in [-0.05, 0) is 12.8 Å². The van der Waals surface area contributed by atoms with Crippen molar-refractivity contribution in [1.29, 1.82) is 0 Å². The van der Waals surface area contributed by atoms with Gasteiger partial charge in [0.15, 0.2) is 0 Å². The van der Waals surface area contributed by atoms with E-state index >= 15 is 0 Å². The third-order valence-corrected chi connectivity index (χ3v) is 5.23. The quantitative estimate of drug-likeness (QED) is 0.467. The maximum Gasteiger partial charge on any atom is 0.101 e. The van der Waals surface area contributed by atoms with Crippen LogP contribution in [0.3, 0.4) is 0 Å². The highest BCUT2D eigenvalue weighted by Gasteiger charge is 2.28. The average Bonchev–Trinajstić information content (AvgIpc) is 1.97. The van der Waals surface area contributed by atoms with Crippen LogP contribution in [0, 0.1) is 0 Å². The summed E-state index contributed by atoms with van der Waals surface area (Å²) in [5, 5.41) is 0. The molecule has 0 saturated carbocycles. The molecule has 0 aromatic rings. The number of halogens is 1. The molecule has 0 aliphatic carbocycles. The van der Waals surface area contributed by atoms with Crippen molar-refractivity contribution in [2.24, 2.45) is 0 Å². The van der Waals surface area contributed by atoms with Crippen LogP contribution in [0.1, 0.15) is 12.8 Å². The van der Waals surface area contributed by atoms with Crippen LogP contribution in [-0.2, 0) is 4.57 Å². The maximum absolute atomic E-state index is 12.6. The Morgan fingerprint density at radius 1 is 1.55 bits per heavy atom. The van der Waals surface area contributed by atoms with Gasteiger partial charge < -0.3 is 4.57 Å². The molecule has 1 fully saturated rings. The molecule has 3 heteroatoms. The van der Waals surface area contributed by atoms with E-state index in [9.17, 15) is 8.96 Å². The van der Waals surface area contributed by atoms with E-state index in [2.05, 4.69) is 6.58 Å². The molecule has 0 radical (unpaired) electrons. The molecule has 1 saturated heterocycles. The van der Waals surface area contributed by atoms with E-state index in [0.717, 1.165) is 0 Å². The second kappa shape index (κ2) is 3.53. The lowest BCUT2D eigenvalue weighted by Gasteiger charge is -2.23. The predicted molar refractivity (Wildman–Crippen MR) is 46.5 cm³/mol. The van der Waals surface area contributed by atoms with E-state index in [-0.39, 0.29) is 0 Å². The lowest BCUT2D eigenvalue weighted by Crippen LogP contribution is -2.15. The molecule has 0 unspecified atom stereocenters. The standard InChI is InChI=1S/C8H14FOP/c1-2-5-11(10)6-3-8(9)4-7-11/h2,8H,1,3-7H2. The molecule has 11 heavy (non-hydrogen) atoms. The molecule has 1 nitrogen and oxygen atoms in total. The van der Waals surface area contributed by atoms with Crippen LogP contribution in [0.5, 0.6) is 0 Å². The van der Waals surface area contributed by atoms with Crippen LogP contribution in [0.2, 0.25) is 0 Å². The molecule has 0 N–H and O–H groups in total. The Hall–Kier alpha value is -0.100. The first-order chi connectivity index (χ1) is 5.16. The van der Waals surface area contributed by atoms with Crippen LogP contribution < -0.4 is 0 Å². The predicted octanol–water partition coefficient (Wildman–Crippen LogP) is 2.67. The summed E-state index contributed by atoms with van der Waals surface area (Å²) in [5.74, 6) is 0. The topological polar surface area (TPSA) is 17.1 Å². The number of hydrogen-bond acceptors (Lipinski definition) is 1. The van der Waals surface area contributed by atoms with E-state index in [4.69, 9.17) is 0 Å². The summed E-state index contributed by atoms with van der Waals surface area (Å²) in [4.78, 5) is 0. The largest absolute Gasteiger partial charge is 0.323 e. The molecule has 0 aromatic heterocycles. The normalized spacial score (nSPS) is 38.5. The lowest BCUT2D eigenvalue weighted by atomic mass is 10.2. The highest BCUT2D eigenvalue weighted by molar-refractivity contribution is 7.64. The zero-order valence-corrected chi connectivity index (χ0v) is 7.53. The van der Waals surface area contributed by atoms with Crippen LogP contribution in [-0.4, -0.2) is 24.7 Å². The van der Waals surface area contributed by atoms with E-state index in [1.54, 1.807) is 6.08 Å². The highest BCUT2D eigenvalue weighted by atomic mass is 31.2. The van der Waals surface area contributed by atoms with E-state index in [1.807, 2.05) is 0 Å². The van der Waals surface area contributed by atoms with Crippen molar-refractivity contribution in [2.75, 3.05) is 18.5 Å². The first kappa shape index (κ1) is 8.99. The second-order valence-electron chi connectivity index (χ2n) is 3.15. The summed E-state index contributed by atoms with van der Waals surface area (Å²) in [6.45, 7) is 3.55. The van der Waals surface area contributed by atoms with Gasteiger partial charge in [-0.1, -0.05) is 6.08 Å². The third-order valence-electron chi connectivity index (χ3n) is 2.16. The molecular weight excluding hydrogens is 162 g/mol. The Balaban J connectivity index is 2.48. The number of allylic oxidation sites excluding steroid dienone is 1. The molecule has 1 aliphatic rings. The van der Waals surface area contributed by atoms with Crippen LogP contribution in [0.25, 0.3) is 0 Å². The molecular formula is C8H14FOP. The second-order valence-corrected chi connectivity index (χ2v) is 6.53. The van der Waals surface area contributed by atoms with Crippen LogP contribution in [0.4, 0.5) is 4.39 Å².